The molecule has 0 spiro atoms. The van der Waals surface area contributed by atoms with E-state index in [-0.39, 0.29) is 0 Å². The van der Waals surface area contributed by atoms with Crippen molar-refractivity contribution in [3.05, 3.63) is 193 Å². The molecule has 0 saturated carbocycles. The van der Waals surface area contributed by atoms with Gasteiger partial charge < -0.3 is 18.6 Å². The summed E-state index contributed by atoms with van der Waals surface area (Å²) in [4.78, 5) is 4.82. The van der Waals surface area contributed by atoms with Gasteiger partial charge in [0.1, 0.15) is 22.3 Å². The predicted molar refractivity (Wildman–Crippen MR) is 244 cm³/mol. The summed E-state index contributed by atoms with van der Waals surface area (Å²) in [5.74, 6) is 0. The van der Waals surface area contributed by atoms with Crippen LogP contribution in [0.1, 0.15) is 11.1 Å². The summed E-state index contributed by atoms with van der Waals surface area (Å²) < 4.78 is 12.6. The van der Waals surface area contributed by atoms with E-state index >= 15 is 0 Å². The third-order valence-electron chi connectivity index (χ3n) is 12.0. The first-order chi connectivity index (χ1) is 28.6. The highest BCUT2D eigenvalue weighted by Gasteiger charge is 2.24. The minimum absolute atomic E-state index is 0.885. The Morgan fingerprint density at radius 2 is 0.672 bits per heavy atom. The van der Waals surface area contributed by atoms with E-state index in [0.717, 1.165) is 78.0 Å². The fraction of sp³-hybridized carbons (Fsp3) is 0.0370. The van der Waals surface area contributed by atoms with Crippen LogP contribution in [0.5, 0.6) is 0 Å². The predicted octanol–water partition coefficient (Wildman–Crippen LogP) is 15.9. The van der Waals surface area contributed by atoms with E-state index in [9.17, 15) is 0 Å². The maximum atomic E-state index is 6.28. The number of fused-ring (bicyclic) bond motifs is 6. The minimum atomic E-state index is 0.885. The van der Waals surface area contributed by atoms with Gasteiger partial charge in [-0.2, -0.15) is 0 Å². The van der Waals surface area contributed by atoms with Crippen molar-refractivity contribution in [2.75, 3.05) is 9.80 Å². The van der Waals surface area contributed by atoms with Crippen molar-refractivity contribution in [2.45, 2.75) is 13.8 Å². The fourth-order valence-corrected chi connectivity index (χ4v) is 9.39. The van der Waals surface area contributed by atoms with Gasteiger partial charge in [-0.05, 0) is 131 Å². The molecule has 0 aliphatic heterocycles. The van der Waals surface area contributed by atoms with E-state index in [4.69, 9.17) is 8.83 Å². The van der Waals surface area contributed by atoms with E-state index in [2.05, 4.69) is 181 Å². The average molecular weight is 745 g/mol. The van der Waals surface area contributed by atoms with Gasteiger partial charge in [-0.1, -0.05) is 97.1 Å². The molecular weight excluding hydrogens is 709 g/mol. The second-order valence-corrected chi connectivity index (χ2v) is 15.4. The van der Waals surface area contributed by atoms with Crippen LogP contribution in [-0.4, -0.2) is 0 Å². The number of hydrogen-bond acceptors (Lipinski definition) is 4. The Kier molecular flexibility index (Phi) is 7.02. The van der Waals surface area contributed by atoms with Gasteiger partial charge in [-0.25, -0.2) is 0 Å². The van der Waals surface area contributed by atoms with Gasteiger partial charge in [0.2, 0.25) is 0 Å². The molecule has 0 saturated heterocycles. The molecule has 0 N–H and O–H groups in total. The number of hydrogen-bond donors (Lipinski definition) is 0. The Morgan fingerprint density at radius 3 is 1.12 bits per heavy atom. The largest absolute Gasteiger partial charge is 0.456 e. The monoisotopic (exact) mass is 744 g/mol. The second-order valence-electron chi connectivity index (χ2n) is 15.4. The fourth-order valence-electron chi connectivity index (χ4n) is 9.39. The van der Waals surface area contributed by atoms with Gasteiger partial charge in [0, 0.05) is 55.1 Å². The molecule has 10 aromatic carbocycles. The topological polar surface area (TPSA) is 32.8 Å². The van der Waals surface area contributed by atoms with Gasteiger partial charge in [-0.15, -0.1) is 0 Å². The summed E-state index contributed by atoms with van der Waals surface area (Å²) in [5, 5.41) is 11.9. The van der Waals surface area contributed by atoms with Crippen LogP contribution in [0.15, 0.2) is 191 Å². The number of rotatable bonds is 6. The van der Waals surface area contributed by atoms with Crippen molar-refractivity contribution in [1.29, 1.82) is 0 Å². The first-order valence-corrected chi connectivity index (χ1v) is 19.8. The van der Waals surface area contributed by atoms with Crippen molar-refractivity contribution in [2.24, 2.45) is 0 Å². The molecular formula is C54H36N2O2. The molecule has 2 heterocycles. The molecule has 0 radical (unpaired) electrons. The summed E-state index contributed by atoms with van der Waals surface area (Å²) in [6, 6.07) is 65.2. The Morgan fingerprint density at radius 1 is 0.293 bits per heavy atom. The molecule has 274 valence electrons. The van der Waals surface area contributed by atoms with Gasteiger partial charge in [-0.3, -0.25) is 0 Å². The summed E-state index contributed by atoms with van der Waals surface area (Å²) >= 11 is 0. The first kappa shape index (κ1) is 32.7. The molecule has 0 fully saturated rings. The summed E-state index contributed by atoms with van der Waals surface area (Å²) in [6.07, 6.45) is 0. The molecule has 0 atom stereocenters. The van der Waals surface area contributed by atoms with Gasteiger partial charge in [0.15, 0.2) is 0 Å². The molecule has 0 unspecified atom stereocenters. The van der Waals surface area contributed by atoms with Crippen LogP contribution in [0, 0.1) is 13.8 Å². The van der Waals surface area contributed by atoms with E-state index in [1.807, 2.05) is 24.3 Å². The number of anilines is 6. The highest BCUT2D eigenvalue weighted by atomic mass is 16.3. The third kappa shape index (κ3) is 4.82. The van der Waals surface area contributed by atoms with E-state index in [1.54, 1.807) is 0 Å². The van der Waals surface area contributed by atoms with Gasteiger partial charge in [0.05, 0.1) is 11.4 Å². The smallest absolute Gasteiger partial charge is 0.135 e. The van der Waals surface area contributed by atoms with E-state index in [0.29, 0.717) is 0 Å². The first-order valence-electron chi connectivity index (χ1n) is 19.8. The number of para-hydroxylation sites is 4. The Labute approximate surface area is 334 Å². The van der Waals surface area contributed by atoms with Crippen LogP contribution in [0.4, 0.5) is 34.1 Å². The lowest BCUT2D eigenvalue weighted by Crippen LogP contribution is -2.12. The highest BCUT2D eigenvalue weighted by Crippen LogP contribution is 2.50. The van der Waals surface area contributed by atoms with Crippen LogP contribution < -0.4 is 9.80 Å². The molecule has 58 heavy (non-hydrogen) atoms. The second kappa shape index (κ2) is 12.5. The zero-order valence-electron chi connectivity index (χ0n) is 32.0. The molecule has 0 aliphatic carbocycles. The van der Waals surface area contributed by atoms with Crippen molar-refractivity contribution < 1.29 is 8.83 Å². The molecule has 4 nitrogen and oxygen atoms in total. The number of aryl methyl sites for hydroxylation is 2. The van der Waals surface area contributed by atoms with Crippen molar-refractivity contribution >= 4 is 110 Å². The summed E-state index contributed by atoms with van der Waals surface area (Å²) in [6.45, 7) is 4.50. The van der Waals surface area contributed by atoms with E-state index in [1.165, 1.54) is 43.4 Å². The zero-order chi connectivity index (χ0) is 38.5. The van der Waals surface area contributed by atoms with Crippen molar-refractivity contribution in [1.82, 2.24) is 0 Å². The molecule has 2 aromatic heterocycles. The Hall–Kier alpha value is -7.56. The van der Waals surface area contributed by atoms with Crippen LogP contribution in [0.25, 0.3) is 76.2 Å². The molecule has 0 aliphatic rings. The number of furan rings is 2. The van der Waals surface area contributed by atoms with Crippen molar-refractivity contribution in [3.63, 3.8) is 0 Å². The van der Waals surface area contributed by atoms with Crippen molar-refractivity contribution in [3.8, 4) is 0 Å². The molecule has 0 amide bonds. The van der Waals surface area contributed by atoms with Gasteiger partial charge in [0.25, 0.3) is 0 Å². The van der Waals surface area contributed by atoms with E-state index < -0.39 is 0 Å². The highest BCUT2D eigenvalue weighted by molar-refractivity contribution is 6.29. The standard InChI is InChI=1S/C54H36N2O2/c1-33-29-47(55(35-13-5-3-6-14-35)37-21-27-51-45(31-37)41-17-9-11-19-49(41)57-51)43-26-24-40-34(2)30-48(44-25-23-39(33)53(43)54(40)44)56(36-15-7-4-8-16-36)38-22-28-52-46(32-38)42-18-10-12-20-50(42)58-52/h3-32H,1-2H3. The van der Waals surface area contributed by atoms with Gasteiger partial charge >= 0.3 is 0 Å². The van der Waals surface area contributed by atoms with Crippen LogP contribution >= 0.6 is 0 Å². The molecule has 12 aromatic rings. The zero-order valence-corrected chi connectivity index (χ0v) is 32.0. The SMILES string of the molecule is Cc1cc(N(c2ccccc2)c2ccc3oc4ccccc4c3c2)c2ccc3c(C)cc(N(c4ccccc4)c4ccc5oc6ccccc6c5c4)c4ccc1c2c34. The maximum absolute atomic E-state index is 6.28. The number of benzene rings is 10. The molecule has 4 heteroatoms. The summed E-state index contributed by atoms with van der Waals surface area (Å²) in [7, 11) is 0. The summed E-state index contributed by atoms with van der Waals surface area (Å²) in [5.41, 5.74) is 12.6. The maximum Gasteiger partial charge on any atom is 0.135 e. The lowest BCUT2D eigenvalue weighted by atomic mass is 9.88. The Bertz CT molecular complexity index is 3310. The lowest BCUT2D eigenvalue weighted by molar-refractivity contribution is 0.668. The minimum Gasteiger partial charge on any atom is -0.456 e. The molecule has 0 bridgehead atoms. The van der Waals surface area contributed by atoms with Crippen LogP contribution in [-0.2, 0) is 0 Å². The third-order valence-corrected chi connectivity index (χ3v) is 12.0. The Balaban J connectivity index is 1.13. The quantitative estimate of drug-likeness (QED) is 0.159. The lowest BCUT2D eigenvalue weighted by Gasteiger charge is -2.30. The normalized spacial score (nSPS) is 12.0. The van der Waals surface area contributed by atoms with Crippen LogP contribution in [0.2, 0.25) is 0 Å². The molecule has 12 rings (SSSR count). The number of nitrogens with zero attached hydrogens (tertiary/aromatic N) is 2. The van der Waals surface area contributed by atoms with Crippen LogP contribution in [0.3, 0.4) is 0 Å². The average Bonchev–Trinajstić information content (AvgIpc) is 3.83.